The van der Waals surface area contributed by atoms with E-state index in [1.54, 1.807) is 13.1 Å². The number of benzene rings is 1. The number of nitrogens with zero attached hydrogens (tertiary/aromatic N) is 4. The van der Waals surface area contributed by atoms with Crippen molar-refractivity contribution >= 4 is 11.9 Å². The van der Waals surface area contributed by atoms with Crippen molar-refractivity contribution in [3.05, 3.63) is 48.4 Å². The molecule has 0 unspecified atom stereocenters. The van der Waals surface area contributed by atoms with E-state index in [0.29, 0.717) is 11.6 Å². The van der Waals surface area contributed by atoms with Crippen molar-refractivity contribution in [3.8, 4) is 11.3 Å². The zero-order chi connectivity index (χ0) is 13.9. The number of aromatic nitrogens is 5. The van der Waals surface area contributed by atoms with Crippen LogP contribution in [0.15, 0.2) is 42.7 Å². The van der Waals surface area contributed by atoms with Gasteiger partial charge in [-0.05, 0) is 6.07 Å². The largest absolute Gasteiger partial charge is 0.289 e. The average Bonchev–Trinajstić information content (AvgIpc) is 3.09. The summed E-state index contributed by atoms with van der Waals surface area (Å²) >= 11 is 0. The zero-order valence-corrected chi connectivity index (χ0v) is 10.7. The fraction of sp³-hybridized carbons (Fsp3) is 0.0769. The fourth-order valence-corrected chi connectivity index (χ4v) is 1.87. The van der Waals surface area contributed by atoms with E-state index >= 15 is 0 Å². The predicted octanol–water partition coefficient (Wildman–Crippen LogP) is 1.46. The highest BCUT2D eigenvalue weighted by Gasteiger charge is 2.15. The molecular formula is C13H12N6O. The lowest BCUT2D eigenvalue weighted by Crippen LogP contribution is -2.16. The number of hydrogen-bond donors (Lipinski definition) is 2. The van der Waals surface area contributed by atoms with E-state index in [9.17, 15) is 4.79 Å². The molecule has 0 fully saturated rings. The summed E-state index contributed by atoms with van der Waals surface area (Å²) in [5.41, 5.74) is 2.15. The maximum Gasteiger partial charge on any atom is 0.276 e. The van der Waals surface area contributed by atoms with Crippen molar-refractivity contribution in [1.29, 1.82) is 0 Å². The molecule has 3 aromatic rings. The maximum absolute atomic E-state index is 12.1. The molecule has 100 valence electrons. The normalized spacial score (nSPS) is 10.4. The predicted molar refractivity (Wildman–Crippen MR) is 73.0 cm³/mol. The second-order valence-electron chi connectivity index (χ2n) is 4.19. The van der Waals surface area contributed by atoms with Crippen LogP contribution >= 0.6 is 0 Å². The lowest BCUT2D eigenvalue weighted by molar-refractivity contribution is 0.101. The summed E-state index contributed by atoms with van der Waals surface area (Å²) < 4.78 is 1.54. The first kappa shape index (κ1) is 12.1. The molecule has 0 atom stereocenters. The summed E-state index contributed by atoms with van der Waals surface area (Å²) in [6, 6.07) is 11.4. The van der Waals surface area contributed by atoms with Crippen molar-refractivity contribution in [2.75, 3.05) is 5.32 Å². The Kier molecular flexibility index (Phi) is 3.00. The van der Waals surface area contributed by atoms with Gasteiger partial charge in [-0.3, -0.25) is 14.8 Å². The molecule has 7 nitrogen and oxygen atoms in total. The van der Waals surface area contributed by atoms with Gasteiger partial charge in [-0.1, -0.05) is 30.3 Å². The summed E-state index contributed by atoms with van der Waals surface area (Å²) in [5.74, 6) is 0.0105. The van der Waals surface area contributed by atoms with Gasteiger partial charge in [0.2, 0.25) is 5.95 Å². The lowest BCUT2D eigenvalue weighted by atomic mass is 10.1. The third-order valence-electron chi connectivity index (χ3n) is 2.83. The first-order valence-electron chi connectivity index (χ1n) is 6.00. The summed E-state index contributed by atoms with van der Waals surface area (Å²) in [7, 11) is 1.72. The first-order chi connectivity index (χ1) is 9.74. The molecule has 2 aromatic heterocycles. The Morgan fingerprint density at radius 1 is 1.30 bits per heavy atom. The van der Waals surface area contributed by atoms with Crippen LogP contribution in [0.2, 0.25) is 0 Å². The molecule has 2 heterocycles. The number of nitrogens with one attached hydrogen (secondary N) is 2. The molecule has 0 saturated carbocycles. The SMILES string of the molecule is Cn1nc(-c2ccccc2)cc1C(=O)Nc1ncn[nH]1. The molecular weight excluding hydrogens is 256 g/mol. The molecule has 7 heteroatoms. The van der Waals surface area contributed by atoms with E-state index in [2.05, 4.69) is 25.6 Å². The highest BCUT2D eigenvalue weighted by atomic mass is 16.2. The third kappa shape index (κ3) is 2.28. The van der Waals surface area contributed by atoms with E-state index in [4.69, 9.17) is 0 Å². The number of carbonyl (C=O) groups is 1. The highest BCUT2D eigenvalue weighted by molar-refractivity contribution is 6.02. The van der Waals surface area contributed by atoms with Gasteiger partial charge in [0.1, 0.15) is 12.0 Å². The second-order valence-corrected chi connectivity index (χ2v) is 4.19. The number of H-pyrrole nitrogens is 1. The molecule has 20 heavy (non-hydrogen) atoms. The quantitative estimate of drug-likeness (QED) is 0.752. The Labute approximate surface area is 114 Å². The topological polar surface area (TPSA) is 88.5 Å². The molecule has 2 N–H and O–H groups in total. The van der Waals surface area contributed by atoms with Crippen LogP contribution < -0.4 is 5.32 Å². The lowest BCUT2D eigenvalue weighted by Gasteiger charge is -2.00. The van der Waals surface area contributed by atoms with Gasteiger partial charge in [0, 0.05) is 12.6 Å². The van der Waals surface area contributed by atoms with Crippen LogP contribution in [0.3, 0.4) is 0 Å². The van der Waals surface area contributed by atoms with Crippen LogP contribution in [-0.4, -0.2) is 30.9 Å². The monoisotopic (exact) mass is 268 g/mol. The fourth-order valence-electron chi connectivity index (χ4n) is 1.87. The summed E-state index contributed by atoms with van der Waals surface area (Å²) in [6.45, 7) is 0. The van der Waals surface area contributed by atoms with Gasteiger partial charge in [-0.15, -0.1) is 0 Å². The number of hydrogen-bond acceptors (Lipinski definition) is 4. The van der Waals surface area contributed by atoms with Gasteiger partial charge in [0.05, 0.1) is 5.69 Å². The van der Waals surface area contributed by atoms with Crippen LogP contribution in [0.5, 0.6) is 0 Å². The van der Waals surface area contributed by atoms with Gasteiger partial charge in [-0.2, -0.15) is 15.2 Å². The minimum atomic E-state index is -0.293. The summed E-state index contributed by atoms with van der Waals surface area (Å²) in [5, 5.41) is 13.2. The highest BCUT2D eigenvalue weighted by Crippen LogP contribution is 2.18. The van der Waals surface area contributed by atoms with Crippen molar-refractivity contribution < 1.29 is 4.79 Å². The van der Waals surface area contributed by atoms with Crippen LogP contribution in [0.1, 0.15) is 10.5 Å². The Balaban J connectivity index is 1.88. The first-order valence-corrected chi connectivity index (χ1v) is 6.00. The minimum absolute atomic E-state index is 0.293. The molecule has 3 rings (SSSR count). The molecule has 0 saturated heterocycles. The van der Waals surface area contributed by atoms with Crippen molar-refractivity contribution in [2.45, 2.75) is 0 Å². The van der Waals surface area contributed by atoms with Crippen molar-refractivity contribution in [1.82, 2.24) is 25.0 Å². The van der Waals surface area contributed by atoms with Gasteiger partial charge >= 0.3 is 0 Å². The molecule has 0 aliphatic carbocycles. The van der Waals surface area contributed by atoms with Gasteiger partial charge in [-0.25, -0.2) is 5.10 Å². The van der Waals surface area contributed by atoms with E-state index in [1.807, 2.05) is 30.3 Å². The van der Waals surface area contributed by atoms with Gasteiger partial charge in [0.25, 0.3) is 5.91 Å². The number of amides is 1. The van der Waals surface area contributed by atoms with Crippen molar-refractivity contribution in [3.63, 3.8) is 0 Å². The number of aromatic amines is 1. The van der Waals surface area contributed by atoms with Crippen LogP contribution in [0, 0.1) is 0 Å². The molecule has 0 bridgehead atoms. The maximum atomic E-state index is 12.1. The van der Waals surface area contributed by atoms with E-state index < -0.39 is 0 Å². The van der Waals surface area contributed by atoms with Crippen LogP contribution in [-0.2, 0) is 7.05 Å². The second kappa shape index (κ2) is 4.96. The molecule has 1 amide bonds. The zero-order valence-electron chi connectivity index (χ0n) is 10.7. The molecule has 0 aliphatic heterocycles. The summed E-state index contributed by atoms with van der Waals surface area (Å²) in [4.78, 5) is 16.0. The standard InChI is InChI=1S/C13H12N6O/c1-19-11(12(20)16-13-14-8-15-17-13)7-10(18-19)9-5-3-2-4-6-9/h2-8H,1H3,(H2,14,15,16,17,20). The molecule has 1 aromatic carbocycles. The Morgan fingerprint density at radius 3 is 2.80 bits per heavy atom. The number of carbonyl (C=O) groups excluding carboxylic acids is 1. The van der Waals surface area contributed by atoms with Crippen molar-refractivity contribution in [2.24, 2.45) is 7.05 Å². The van der Waals surface area contributed by atoms with Crippen LogP contribution in [0.25, 0.3) is 11.3 Å². The Bertz CT molecular complexity index is 717. The number of rotatable bonds is 3. The minimum Gasteiger partial charge on any atom is -0.289 e. The summed E-state index contributed by atoms with van der Waals surface area (Å²) in [6.07, 6.45) is 1.33. The van der Waals surface area contributed by atoms with E-state index in [-0.39, 0.29) is 5.91 Å². The van der Waals surface area contributed by atoms with Crippen LogP contribution in [0.4, 0.5) is 5.95 Å². The van der Waals surface area contributed by atoms with Gasteiger partial charge < -0.3 is 0 Å². The molecule has 0 aliphatic rings. The number of anilines is 1. The van der Waals surface area contributed by atoms with Gasteiger partial charge in [0.15, 0.2) is 0 Å². The Hall–Kier alpha value is -2.96. The molecule has 0 radical (unpaired) electrons. The number of aryl methyl sites for hydroxylation is 1. The van der Waals surface area contributed by atoms with E-state index in [0.717, 1.165) is 11.3 Å². The smallest absolute Gasteiger partial charge is 0.276 e. The Morgan fingerprint density at radius 2 is 2.10 bits per heavy atom. The third-order valence-corrected chi connectivity index (χ3v) is 2.83. The van der Waals surface area contributed by atoms with E-state index in [1.165, 1.54) is 11.0 Å². The molecule has 0 spiro atoms. The average molecular weight is 268 g/mol.